The minimum atomic E-state index is -0.558. The van der Waals surface area contributed by atoms with Crippen molar-refractivity contribution in [2.75, 3.05) is 20.2 Å². The van der Waals surface area contributed by atoms with E-state index in [1.54, 1.807) is 0 Å². The minimum Gasteiger partial charge on any atom is -0.466 e. The van der Waals surface area contributed by atoms with Gasteiger partial charge in [-0.15, -0.1) is 0 Å². The highest BCUT2D eigenvalue weighted by Gasteiger charge is 1.95. The van der Waals surface area contributed by atoms with Crippen LogP contribution in [0.25, 0.3) is 0 Å². The molecule has 1 amide bonds. The van der Waals surface area contributed by atoms with Crippen LogP contribution in [0.1, 0.15) is 0 Å². The second kappa shape index (κ2) is 6.36. The van der Waals surface area contributed by atoms with Crippen molar-refractivity contribution in [3.63, 3.8) is 0 Å². The van der Waals surface area contributed by atoms with Crippen molar-refractivity contribution >= 4 is 11.9 Å². The number of rotatable bonds is 4. The first-order chi connectivity index (χ1) is 5.70. The summed E-state index contributed by atoms with van der Waals surface area (Å²) in [6, 6.07) is 0. The highest BCUT2D eigenvalue weighted by molar-refractivity contribution is 5.94. The first kappa shape index (κ1) is 10.6. The van der Waals surface area contributed by atoms with E-state index < -0.39 is 5.97 Å². The Morgan fingerprint density at radius 1 is 1.50 bits per heavy atom. The maximum atomic E-state index is 10.8. The van der Waals surface area contributed by atoms with Crippen LogP contribution in [0.2, 0.25) is 0 Å². The fourth-order valence-electron chi connectivity index (χ4n) is 0.466. The molecule has 0 aliphatic heterocycles. The number of nitrogens with one attached hydrogen (secondary N) is 1. The van der Waals surface area contributed by atoms with Gasteiger partial charge in [0.1, 0.15) is 0 Å². The van der Waals surface area contributed by atoms with Crippen LogP contribution in [0.4, 0.5) is 0 Å². The molecule has 3 N–H and O–H groups in total. The van der Waals surface area contributed by atoms with Gasteiger partial charge in [-0.25, -0.2) is 4.79 Å². The predicted octanol–water partition coefficient (Wildman–Crippen LogP) is -1.21. The molecule has 0 spiro atoms. The van der Waals surface area contributed by atoms with Gasteiger partial charge in [-0.3, -0.25) is 4.79 Å². The molecule has 0 aliphatic carbocycles. The molecule has 5 heteroatoms. The number of esters is 1. The number of hydrogen-bond donors (Lipinski definition) is 2. The smallest absolute Gasteiger partial charge is 0.330 e. The Labute approximate surface area is 70.6 Å². The molecule has 12 heavy (non-hydrogen) atoms. The van der Waals surface area contributed by atoms with Crippen LogP contribution in [-0.2, 0) is 14.3 Å². The van der Waals surface area contributed by atoms with E-state index in [-0.39, 0.29) is 5.91 Å². The summed E-state index contributed by atoms with van der Waals surface area (Å²) >= 11 is 0. The Kier molecular flexibility index (Phi) is 5.64. The van der Waals surface area contributed by atoms with E-state index >= 15 is 0 Å². The van der Waals surface area contributed by atoms with Gasteiger partial charge in [0.05, 0.1) is 7.11 Å². The topological polar surface area (TPSA) is 81.4 Å². The van der Waals surface area contributed by atoms with Crippen LogP contribution < -0.4 is 11.1 Å². The monoisotopic (exact) mass is 172 g/mol. The van der Waals surface area contributed by atoms with Crippen LogP contribution in [0.5, 0.6) is 0 Å². The third-order valence-corrected chi connectivity index (χ3v) is 1.02. The van der Waals surface area contributed by atoms with Gasteiger partial charge in [0, 0.05) is 25.2 Å². The molecule has 5 nitrogen and oxygen atoms in total. The van der Waals surface area contributed by atoms with E-state index in [0.717, 1.165) is 12.2 Å². The minimum absolute atomic E-state index is 0.356. The number of methoxy groups -OCH3 is 1. The summed E-state index contributed by atoms with van der Waals surface area (Å²) in [5.41, 5.74) is 5.13. The van der Waals surface area contributed by atoms with E-state index in [1.165, 1.54) is 7.11 Å². The zero-order valence-electron chi connectivity index (χ0n) is 6.87. The van der Waals surface area contributed by atoms with Crippen molar-refractivity contribution in [1.29, 1.82) is 0 Å². The molecule has 0 atom stereocenters. The fraction of sp³-hybridized carbons (Fsp3) is 0.429. The zero-order valence-corrected chi connectivity index (χ0v) is 6.87. The van der Waals surface area contributed by atoms with Gasteiger partial charge >= 0.3 is 5.97 Å². The molecule has 0 unspecified atom stereocenters. The molecular formula is C7H12N2O3. The summed E-state index contributed by atoms with van der Waals surface area (Å²) < 4.78 is 4.27. The molecule has 0 aromatic heterocycles. The Morgan fingerprint density at radius 3 is 2.67 bits per heavy atom. The molecule has 0 saturated carbocycles. The van der Waals surface area contributed by atoms with Gasteiger partial charge in [0.15, 0.2) is 0 Å². The first-order valence-corrected chi connectivity index (χ1v) is 3.44. The average molecular weight is 172 g/mol. The molecular weight excluding hydrogens is 160 g/mol. The molecule has 0 aliphatic rings. The first-order valence-electron chi connectivity index (χ1n) is 3.44. The molecule has 68 valence electrons. The summed E-state index contributed by atoms with van der Waals surface area (Å²) in [6.07, 6.45) is 2.15. The maximum absolute atomic E-state index is 10.8. The number of ether oxygens (including phenoxy) is 1. The van der Waals surface area contributed by atoms with Crippen molar-refractivity contribution < 1.29 is 14.3 Å². The third-order valence-electron chi connectivity index (χ3n) is 1.02. The normalized spacial score (nSPS) is 9.83. The van der Waals surface area contributed by atoms with Gasteiger partial charge < -0.3 is 15.8 Å². The number of carbonyl (C=O) groups excluding carboxylic acids is 2. The third kappa shape index (κ3) is 5.43. The van der Waals surface area contributed by atoms with Gasteiger partial charge in [-0.1, -0.05) is 0 Å². The SMILES string of the molecule is COC(=O)C=CC(=O)NCCN. The van der Waals surface area contributed by atoms with Crippen LogP contribution in [0, 0.1) is 0 Å². The number of nitrogens with two attached hydrogens (primary N) is 1. The van der Waals surface area contributed by atoms with Gasteiger partial charge in [0.2, 0.25) is 5.91 Å². The highest BCUT2D eigenvalue weighted by atomic mass is 16.5. The molecule has 0 radical (unpaired) electrons. The summed E-state index contributed by atoms with van der Waals surface area (Å²) in [5.74, 6) is -0.913. The predicted molar refractivity (Wildman–Crippen MR) is 43.2 cm³/mol. The number of carbonyl (C=O) groups is 2. The average Bonchev–Trinajstić information content (AvgIpc) is 2.10. The lowest BCUT2D eigenvalue weighted by Crippen LogP contribution is -2.27. The lowest BCUT2D eigenvalue weighted by atomic mass is 10.4. The molecule has 0 bridgehead atoms. The molecule has 0 fully saturated rings. The van der Waals surface area contributed by atoms with Crippen LogP contribution in [0.15, 0.2) is 12.2 Å². The second-order valence-electron chi connectivity index (χ2n) is 1.94. The van der Waals surface area contributed by atoms with Crippen molar-refractivity contribution in [2.24, 2.45) is 5.73 Å². The zero-order chi connectivity index (χ0) is 9.40. The Balaban J connectivity index is 3.67. The molecule has 0 rings (SSSR count). The summed E-state index contributed by atoms with van der Waals surface area (Å²) in [6.45, 7) is 0.766. The summed E-state index contributed by atoms with van der Waals surface area (Å²) in [7, 11) is 1.24. The molecule has 0 heterocycles. The van der Waals surface area contributed by atoms with Crippen molar-refractivity contribution in [3.05, 3.63) is 12.2 Å². The Bertz CT molecular complexity index is 189. The standard InChI is InChI=1S/C7H12N2O3/c1-12-7(11)3-2-6(10)9-5-4-8/h2-3H,4-5,8H2,1H3,(H,9,10). The molecule has 0 aromatic rings. The summed E-state index contributed by atoms with van der Waals surface area (Å²) in [4.78, 5) is 21.2. The lowest BCUT2D eigenvalue weighted by Gasteiger charge is -1.96. The van der Waals surface area contributed by atoms with E-state index in [0.29, 0.717) is 13.1 Å². The molecule has 0 saturated heterocycles. The van der Waals surface area contributed by atoms with E-state index in [9.17, 15) is 9.59 Å². The van der Waals surface area contributed by atoms with Crippen molar-refractivity contribution in [1.82, 2.24) is 5.32 Å². The molecule has 0 aromatic carbocycles. The van der Waals surface area contributed by atoms with Gasteiger partial charge in [-0.2, -0.15) is 0 Å². The number of hydrogen-bond acceptors (Lipinski definition) is 4. The van der Waals surface area contributed by atoms with E-state index in [1.807, 2.05) is 0 Å². The van der Waals surface area contributed by atoms with Crippen molar-refractivity contribution in [3.8, 4) is 0 Å². The largest absolute Gasteiger partial charge is 0.466 e. The van der Waals surface area contributed by atoms with Gasteiger partial charge in [-0.05, 0) is 0 Å². The van der Waals surface area contributed by atoms with Crippen molar-refractivity contribution in [2.45, 2.75) is 0 Å². The number of amides is 1. The fourth-order valence-corrected chi connectivity index (χ4v) is 0.466. The van der Waals surface area contributed by atoms with Crippen LogP contribution in [0.3, 0.4) is 0 Å². The van der Waals surface area contributed by atoms with E-state index in [4.69, 9.17) is 5.73 Å². The Hall–Kier alpha value is -1.36. The highest BCUT2D eigenvalue weighted by Crippen LogP contribution is 1.77. The van der Waals surface area contributed by atoms with Crippen LogP contribution >= 0.6 is 0 Å². The Morgan fingerprint density at radius 2 is 2.17 bits per heavy atom. The maximum Gasteiger partial charge on any atom is 0.330 e. The lowest BCUT2D eigenvalue weighted by molar-refractivity contribution is -0.135. The van der Waals surface area contributed by atoms with Gasteiger partial charge in [0.25, 0.3) is 0 Å². The van der Waals surface area contributed by atoms with E-state index in [2.05, 4.69) is 10.1 Å². The second-order valence-corrected chi connectivity index (χ2v) is 1.94. The van der Waals surface area contributed by atoms with Crippen LogP contribution in [-0.4, -0.2) is 32.1 Å². The summed E-state index contributed by atoms with van der Waals surface area (Å²) in [5, 5.41) is 2.45. The quantitative estimate of drug-likeness (QED) is 0.412.